The van der Waals surface area contributed by atoms with E-state index in [0.29, 0.717) is 17.6 Å². The largest absolute Gasteiger partial charge is 0.391 e. The highest BCUT2D eigenvalue weighted by Gasteiger charge is 2.36. The highest BCUT2D eigenvalue weighted by molar-refractivity contribution is 7.89. The van der Waals surface area contributed by atoms with Gasteiger partial charge in [0.25, 0.3) is 0 Å². The summed E-state index contributed by atoms with van der Waals surface area (Å²) in [5.41, 5.74) is 0. The summed E-state index contributed by atoms with van der Waals surface area (Å²) in [7, 11) is -0.440. The minimum atomic E-state index is -3.39. The maximum Gasteiger partial charge on any atom is 0.240 e. The molecule has 9 nitrogen and oxygen atoms in total. The van der Waals surface area contributed by atoms with Crippen molar-refractivity contribution in [1.29, 1.82) is 0 Å². The molecule has 2 heterocycles. The van der Waals surface area contributed by atoms with Gasteiger partial charge in [0, 0.05) is 39.0 Å². The molecule has 2 N–H and O–H groups in total. The van der Waals surface area contributed by atoms with E-state index in [-0.39, 0.29) is 24.7 Å². The topological polar surface area (TPSA) is 116 Å². The Kier molecular flexibility index (Phi) is 5.92. The van der Waals surface area contributed by atoms with Gasteiger partial charge in [-0.05, 0) is 12.8 Å². The minimum absolute atomic E-state index is 0.0912. The average Bonchev–Trinajstić information content (AvgIpc) is 3.04. The van der Waals surface area contributed by atoms with Crippen LogP contribution in [-0.2, 0) is 14.8 Å². The summed E-state index contributed by atoms with van der Waals surface area (Å²) in [6, 6.07) is 0. The second-order valence-corrected chi connectivity index (χ2v) is 10.4. The van der Waals surface area contributed by atoms with Gasteiger partial charge in [-0.2, -0.15) is 0 Å². The number of hydrogen-bond donors (Lipinski definition) is 2. The molecule has 0 unspecified atom stereocenters. The van der Waals surface area contributed by atoms with E-state index in [4.69, 9.17) is 0 Å². The zero-order valence-corrected chi connectivity index (χ0v) is 16.6. The number of carbonyl (C=O) groups excluding carboxylic acids is 1. The SMILES string of the molecule is CN(C)S(=O)(=O)C[C@@H]1CN(CC(=O)Nc2nnc(C3CCC3)s2)C[C@H]1O. The Bertz CT molecular complexity index is 747. The number of carbonyl (C=O) groups is 1. The van der Waals surface area contributed by atoms with Crippen LogP contribution in [0, 0.1) is 5.92 Å². The van der Waals surface area contributed by atoms with Crippen molar-refractivity contribution in [2.24, 2.45) is 5.92 Å². The summed E-state index contributed by atoms with van der Waals surface area (Å²) < 4.78 is 25.1. The third kappa shape index (κ3) is 4.58. The zero-order chi connectivity index (χ0) is 18.9. The number of nitrogens with one attached hydrogen (secondary N) is 1. The average molecular weight is 404 g/mol. The molecule has 3 rings (SSSR count). The van der Waals surface area contributed by atoms with Gasteiger partial charge in [-0.15, -0.1) is 10.2 Å². The number of nitrogens with zero attached hydrogens (tertiary/aromatic N) is 4. The Balaban J connectivity index is 1.49. The summed E-state index contributed by atoms with van der Waals surface area (Å²) >= 11 is 1.41. The molecule has 2 atom stereocenters. The number of rotatable bonds is 7. The number of anilines is 1. The lowest BCUT2D eigenvalue weighted by Gasteiger charge is -2.21. The maximum absolute atomic E-state index is 12.2. The van der Waals surface area contributed by atoms with Crippen LogP contribution >= 0.6 is 11.3 Å². The van der Waals surface area contributed by atoms with Crippen molar-refractivity contribution in [2.75, 3.05) is 44.8 Å². The Morgan fingerprint density at radius 1 is 1.35 bits per heavy atom. The van der Waals surface area contributed by atoms with Gasteiger partial charge in [0.05, 0.1) is 18.4 Å². The second-order valence-electron chi connectivity index (χ2n) is 7.20. The van der Waals surface area contributed by atoms with Crippen molar-refractivity contribution in [3.8, 4) is 0 Å². The maximum atomic E-state index is 12.2. The van der Waals surface area contributed by atoms with E-state index >= 15 is 0 Å². The van der Waals surface area contributed by atoms with Gasteiger partial charge >= 0.3 is 0 Å². The van der Waals surface area contributed by atoms with E-state index in [2.05, 4.69) is 15.5 Å². The number of likely N-dealkylation sites (tertiary alicyclic amines) is 1. The monoisotopic (exact) mass is 403 g/mol. The first-order chi connectivity index (χ1) is 12.2. The fraction of sp³-hybridized carbons (Fsp3) is 0.800. The molecule has 1 saturated heterocycles. The van der Waals surface area contributed by atoms with E-state index in [1.807, 2.05) is 0 Å². The van der Waals surface area contributed by atoms with Gasteiger partial charge in [0.15, 0.2) is 0 Å². The van der Waals surface area contributed by atoms with Crippen LogP contribution in [0.2, 0.25) is 0 Å². The molecular formula is C15H25N5O4S2. The molecule has 146 valence electrons. The van der Waals surface area contributed by atoms with E-state index in [1.165, 1.54) is 31.9 Å². The van der Waals surface area contributed by atoms with E-state index in [9.17, 15) is 18.3 Å². The summed E-state index contributed by atoms with van der Waals surface area (Å²) in [5.74, 6) is -0.279. The van der Waals surface area contributed by atoms with Gasteiger partial charge in [0.2, 0.25) is 21.1 Å². The first-order valence-corrected chi connectivity index (χ1v) is 11.1. The molecule has 0 radical (unpaired) electrons. The molecule has 0 spiro atoms. The predicted octanol–water partition coefficient (Wildman–Crippen LogP) is -0.0718. The molecule has 1 amide bonds. The number of aliphatic hydroxyl groups is 1. The van der Waals surface area contributed by atoms with Crippen molar-refractivity contribution in [2.45, 2.75) is 31.3 Å². The van der Waals surface area contributed by atoms with Gasteiger partial charge < -0.3 is 5.11 Å². The molecule has 1 aromatic heterocycles. The molecule has 2 aliphatic rings. The van der Waals surface area contributed by atoms with Crippen molar-refractivity contribution < 1.29 is 18.3 Å². The fourth-order valence-electron chi connectivity index (χ4n) is 3.12. The number of aliphatic hydroxyl groups excluding tert-OH is 1. The Morgan fingerprint density at radius 2 is 2.08 bits per heavy atom. The van der Waals surface area contributed by atoms with Crippen molar-refractivity contribution in [3.63, 3.8) is 0 Å². The van der Waals surface area contributed by atoms with Gasteiger partial charge in [-0.1, -0.05) is 17.8 Å². The number of amides is 1. The lowest BCUT2D eigenvalue weighted by molar-refractivity contribution is -0.117. The number of β-amino-alcohol motifs (C(OH)–C–C–N with tert-alkyl or cyclic N) is 1. The standard InChI is InChI=1S/C15H25N5O4S2/c1-19(2)26(23,24)9-11-6-20(7-12(11)21)8-13(22)16-15-18-17-14(25-15)10-4-3-5-10/h10-12,21H,3-9H2,1-2H3,(H,16,18,22)/t11-,12+/m0/s1. The van der Waals surface area contributed by atoms with Crippen molar-refractivity contribution >= 4 is 32.4 Å². The van der Waals surface area contributed by atoms with Crippen LogP contribution in [0.3, 0.4) is 0 Å². The number of aromatic nitrogens is 2. The van der Waals surface area contributed by atoms with Crippen LogP contribution in [0.4, 0.5) is 5.13 Å². The molecule has 1 aliphatic carbocycles. The Labute approximate surface area is 157 Å². The van der Waals surface area contributed by atoms with Crippen LogP contribution in [0.25, 0.3) is 0 Å². The van der Waals surface area contributed by atoms with Crippen LogP contribution in [0.5, 0.6) is 0 Å². The molecule has 0 bridgehead atoms. The third-order valence-electron chi connectivity index (χ3n) is 4.97. The number of hydrogen-bond acceptors (Lipinski definition) is 8. The summed E-state index contributed by atoms with van der Waals surface area (Å²) in [6.45, 7) is 0.740. The van der Waals surface area contributed by atoms with Gasteiger partial charge in [-0.3, -0.25) is 15.0 Å². The normalized spacial score (nSPS) is 24.8. The highest BCUT2D eigenvalue weighted by atomic mass is 32.2. The molecule has 26 heavy (non-hydrogen) atoms. The highest BCUT2D eigenvalue weighted by Crippen LogP contribution is 2.38. The zero-order valence-electron chi connectivity index (χ0n) is 15.0. The predicted molar refractivity (Wildman–Crippen MR) is 98.5 cm³/mol. The smallest absolute Gasteiger partial charge is 0.240 e. The fourth-order valence-corrected chi connectivity index (χ4v) is 5.22. The summed E-state index contributed by atoms with van der Waals surface area (Å²) in [6.07, 6.45) is 2.72. The Hall–Kier alpha value is -1.14. The number of sulfonamides is 1. The van der Waals surface area contributed by atoms with Crippen molar-refractivity contribution in [1.82, 2.24) is 19.4 Å². The molecule has 0 aromatic carbocycles. The van der Waals surface area contributed by atoms with Crippen LogP contribution in [-0.4, -0.2) is 84.4 Å². The molecule has 1 aliphatic heterocycles. The van der Waals surface area contributed by atoms with E-state index < -0.39 is 22.0 Å². The first kappa shape index (κ1) is 19.6. The van der Waals surface area contributed by atoms with Crippen LogP contribution in [0.15, 0.2) is 0 Å². The van der Waals surface area contributed by atoms with Crippen LogP contribution < -0.4 is 5.32 Å². The van der Waals surface area contributed by atoms with Crippen LogP contribution in [0.1, 0.15) is 30.2 Å². The van der Waals surface area contributed by atoms with Gasteiger partial charge in [-0.25, -0.2) is 12.7 Å². The minimum Gasteiger partial charge on any atom is -0.391 e. The molecule has 2 fully saturated rings. The van der Waals surface area contributed by atoms with Gasteiger partial charge in [0.1, 0.15) is 5.01 Å². The molecule has 11 heteroatoms. The third-order valence-corrected chi connectivity index (χ3v) is 7.94. The summed E-state index contributed by atoms with van der Waals surface area (Å²) in [5, 5.41) is 22.5. The Morgan fingerprint density at radius 3 is 2.69 bits per heavy atom. The quantitative estimate of drug-likeness (QED) is 0.655. The first-order valence-electron chi connectivity index (χ1n) is 8.68. The van der Waals surface area contributed by atoms with E-state index in [0.717, 1.165) is 22.2 Å². The lowest BCUT2D eigenvalue weighted by Crippen LogP contribution is -2.34. The molecular weight excluding hydrogens is 378 g/mol. The van der Waals surface area contributed by atoms with Crippen molar-refractivity contribution in [3.05, 3.63) is 5.01 Å². The molecule has 1 aromatic rings. The molecule has 1 saturated carbocycles. The summed E-state index contributed by atoms with van der Waals surface area (Å²) in [4.78, 5) is 14.0. The second kappa shape index (κ2) is 7.85. The lowest BCUT2D eigenvalue weighted by atomic mass is 9.86. The van der Waals surface area contributed by atoms with E-state index in [1.54, 1.807) is 4.90 Å².